The van der Waals surface area contributed by atoms with Crippen LogP contribution in [-0.2, 0) is 4.79 Å². The van der Waals surface area contributed by atoms with Crippen LogP contribution < -0.4 is 19.8 Å². The highest BCUT2D eigenvalue weighted by atomic mass is 16.5. The van der Waals surface area contributed by atoms with Crippen molar-refractivity contribution in [3.63, 3.8) is 0 Å². The number of carbonyl (C=O) groups excluding carboxylic acids is 1. The van der Waals surface area contributed by atoms with Gasteiger partial charge in [0, 0.05) is 24.8 Å². The summed E-state index contributed by atoms with van der Waals surface area (Å²) in [5.74, 6) is 1.54. The lowest BCUT2D eigenvalue weighted by atomic mass is 10.1. The third-order valence-corrected chi connectivity index (χ3v) is 5.11. The van der Waals surface area contributed by atoms with E-state index in [4.69, 9.17) is 9.47 Å². The van der Waals surface area contributed by atoms with E-state index in [0.29, 0.717) is 11.8 Å². The number of unbranched alkanes of at least 4 members (excludes halogenated alkanes) is 2. The molecule has 3 rings (SSSR count). The lowest BCUT2D eigenvalue weighted by Gasteiger charge is -2.26. The number of hydrazone groups is 1. The second kappa shape index (κ2) is 12.6. The monoisotopic (exact) mass is 439 g/mol. The second-order valence-electron chi connectivity index (χ2n) is 7.90. The normalized spacial score (nSPS) is 13.9. The molecule has 2 heterocycles. The zero-order valence-electron chi connectivity index (χ0n) is 19.0. The van der Waals surface area contributed by atoms with Gasteiger partial charge in [0.2, 0.25) is 11.8 Å². The zero-order chi connectivity index (χ0) is 22.6. The van der Waals surface area contributed by atoms with Gasteiger partial charge in [-0.3, -0.25) is 4.79 Å². The summed E-state index contributed by atoms with van der Waals surface area (Å²) in [7, 11) is 0. The summed E-state index contributed by atoms with van der Waals surface area (Å²) >= 11 is 0. The number of nitrogens with one attached hydrogen (secondary N) is 1. The van der Waals surface area contributed by atoms with E-state index in [9.17, 15) is 4.79 Å². The van der Waals surface area contributed by atoms with Crippen LogP contribution in [0.2, 0.25) is 0 Å². The number of aryl methyl sites for hydroxylation is 1. The standard InChI is InChI=1S/C24H33N5O3/c1-3-4-8-15-31-21-11-9-20(10-12-21)17-25-28-22(30)18-32-23-16-19(2)26-24(27-23)29-13-6-5-7-14-29/h9-12,16-17H,3-8,13-15,18H2,1-2H3,(H,28,30). The third-order valence-electron chi connectivity index (χ3n) is 5.11. The smallest absolute Gasteiger partial charge is 0.278 e. The number of rotatable bonds is 11. The average molecular weight is 440 g/mol. The SMILES string of the molecule is CCCCCOc1ccc(C=NNC(=O)COc2cc(C)nc(N3CCCCC3)n2)cc1. The molecule has 0 bridgehead atoms. The van der Waals surface area contributed by atoms with Crippen LogP contribution in [0, 0.1) is 6.92 Å². The summed E-state index contributed by atoms with van der Waals surface area (Å²) in [5, 5.41) is 3.99. The first-order chi connectivity index (χ1) is 15.6. The van der Waals surface area contributed by atoms with E-state index in [2.05, 4.69) is 32.3 Å². The number of piperidine rings is 1. The highest BCUT2D eigenvalue weighted by Gasteiger charge is 2.15. The molecule has 1 aliphatic heterocycles. The molecular weight excluding hydrogens is 406 g/mol. The molecule has 8 nitrogen and oxygen atoms in total. The van der Waals surface area contributed by atoms with E-state index in [1.54, 1.807) is 12.3 Å². The Morgan fingerprint density at radius 2 is 1.91 bits per heavy atom. The van der Waals surface area contributed by atoms with Crippen molar-refractivity contribution in [2.45, 2.75) is 52.4 Å². The first-order valence-corrected chi connectivity index (χ1v) is 11.4. The Kier molecular flexibility index (Phi) is 9.28. The molecule has 1 aliphatic rings. The average Bonchev–Trinajstić information content (AvgIpc) is 2.82. The largest absolute Gasteiger partial charge is 0.494 e. The van der Waals surface area contributed by atoms with E-state index in [1.165, 1.54) is 19.3 Å². The van der Waals surface area contributed by atoms with E-state index >= 15 is 0 Å². The Labute approximate surface area is 190 Å². The Morgan fingerprint density at radius 1 is 1.12 bits per heavy atom. The van der Waals surface area contributed by atoms with Crippen molar-refractivity contribution in [3.05, 3.63) is 41.6 Å². The molecule has 0 saturated carbocycles. The lowest BCUT2D eigenvalue weighted by molar-refractivity contribution is -0.123. The highest BCUT2D eigenvalue weighted by molar-refractivity contribution is 5.83. The van der Waals surface area contributed by atoms with Gasteiger partial charge < -0.3 is 14.4 Å². The van der Waals surface area contributed by atoms with Gasteiger partial charge in [-0.15, -0.1) is 0 Å². The Hall–Kier alpha value is -3.16. The maximum atomic E-state index is 12.1. The molecule has 0 aliphatic carbocycles. The summed E-state index contributed by atoms with van der Waals surface area (Å²) < 4.78 is 11.3. The lowest BCUT2D eigenvalue weighted by Crippen LogP contribution is -2.31. The number of benzene rings is 1. The molecule has 32 heavy (non-hydrogen) atoms. The number of nitrogens with zero attached hydrogens (tertiary/aromatic N) is 4. The van der Waals surface area contributed by atoms with E-state index in [-0.39, 0.29) is 12.5 Å². The van der Waals surface area contributed by atoms with Gasteiger partial charge in [0.05, 0.1) is 12.8 Å². The number of amides is 1. The minimum absolute atomic E-state index is 0.169. The van der Waals surface area contributed by atoms with Gasteiger partial charge >= 0.3 is 0 Å². The van der Waals surface area contributed by atoms with Crippen molar-refractivity contribution in [2.75, 3.05) is 31.2 Å². The number of aromatic nitrogens is 2. The number of ether oxygens (including phenoxy) is 2. The summed E-state index contributed by atoms with van der Waals surface area (Å²) in [6, 6.07) is 9.32. The molecule has 172 valence electrons. The molecule has 1 N–H and O–H groups in total. The maximum Gasteiger partial charge on any atom is 0.278 e. The molecule has 8 heteroatoms. The fraction of sp³-hybridized carbons (Fsp3) is 0.500. The minimum atomic E-state index is -0.354. The minimum Gasteiger partial charge on any atom is -0.494 e. The highest BCUT2D eigenvalue weighted by Crippen LogP contribution is 2.19. The molecule has 1 aromatic carbocycles. The molecule has 1 fully saturated rings. The van der Waals surface area contributed by atoms with Crippen molar-refractivity contribution in [3.8, 4) is 11.6 Å². The van der Waals surface area contributed by atoms with Gasteiger partial charge in [-0.1, -0.05) is 19.8 Å². The molecule has 0 atom stereocenters. The van der Waals surface area contributed by atoms with Crippen LogP contribution in [0.4, 0.5) is 5.95 Å². The van der Waals surface area contributed by atoms with Gasteiger partial charge in [0.25, 0.3) is 5.91 Å². The molecule has 1 saturated heterocycles. The van der Waals surface area contributed by atoms with E-state index < -0.39 is 0 Å². The summed E-state index contributed by atoms with van der Waals surface area (Å²) in [6.07, 6.45) is 8.51. The maximum absolute atomic E-state index is 12.1. The Bertz CT molecular complexity index is 880. The van der Waals surface area contributed by atoms with Gasteiger partial charge in [-0.05, 0) is 62.4 Å². The summed E-state index contributed by atoms with van der Waals surface area (Å²) in [4.78, 5) is 23.2. The van der Waals surface area contributed by atoms with Gasteiger partial charge in [0.15, 0.2) is 6.61 Å². The number of hydrogen-bond donors (Lipinski definition) is 1. The fourth-order valence-electron chi connectivity index (χ4n) is 3.38. The van der Waals surface area contributed by atoms with Crippen molar-refractivity contribution in [1.82, 2.24) is 15.4 Å². The van der Waals surface area contributed by atoms with Crippen LogP contribution in [0.25, 0.3) is 0 Å². The number of hydrogen-bond acceptors (Lipinski definition) is 7. The Morgan fingerprint density at radius 3 is 2.66 bits per heavy atom. The first kappa shape index (κ1) is 23.5. The van der Waals surface area contributed by atoms with E-state index in [0.717, 1.165) is 56.0 Å². The number of anilines is 1. The predicted octanol–water partition coefficient (Wildman–Crippen LogP) is 3.87. The van der Waals surface area contributed by atoms with Crippen molar-refractivity contribution in [1.29, 1.82) is 0 Å². The summed E-state index contributed by atoms with van der Waals surface area (Å²) in [5.41, 5.74) is 4.15. The zero-order valence-corrected chi connectivity index (χ0v) is 19.0. The molecule has 0 radical (unpaired) electrons. The van der Waals surface area contributed by atoms with Crippen LogP contribution in [0.1, 0.15) is 56.7 Å². The molecular formula is C24H33N5O3. The van der Waals surface area contributed by atoms with Gasteiger partial charge in [0.1, 0.15) is 5.75 Å². The first-order valence-electron chi connectivity index (χ1n) is 11.4. The van der Waals surface area contributed by atoms with Crippen molar-refractivity contribution < 1.29 is 14.3 Å². The van der Waals surface area contributed by atoms with E-state index in [1.807, 2.05) is 31.2 Å². The van der Waals surface area contributed by atoms with Gasteiger partial charge in [-0.25, -0.2) is 10.4 Å². The van der Waals surface area contributed by atoms with Crippen molar-refractivity contribution in [2.24, 2.45) is 5.10 Å². The molecule has 1 aromatic heterocycles. The number of carbonyl (C=O) groups is 1. The molecule has 0 unspecified atom stereocenters. The summed E-state index contributed by atoms with van der Waals surface area (Å²) in [6.45, 7) is 6.52. The molecule has 1 amide bonds. The van der Waals surface area contributed by atoms with Crippen molar-refractivity contribution >= 4 is 18.1 Å². The molecule has 2 aromatic rings. The van der Waals surface area contributed by atoms with Crippen LogP contribution in [0.3, 0.4) is 0 Å². The quantitative estimate of drug-likeness (QED) is 0.325. The molecule has 0 spiro atoms. The van der Waals surface area contributed by atoms with Crippen LogP contribution in [-0.4, -0.2) is 48.4 Å². The van der Waals surface area contributed by atoms with Crippen LogP contribution >= 0.6 is 0 Å². The Balaban J connectivity index is 1.43. The van der Waals surface area contributed by atoms with Crippen LogP contribution in [0.5, 0.6) is 11.6 Å². The van der Waals surface area contributed by atoms with Gasteiger partial charge in [-0.2, -0.15) is 10.1 Å². The van der Waals surface area contributed by atoms with Crippen LogP contribution in [0.15, 0.2) is 35.4 Å². The predicted molar refractivity (Wildman–Crippen MR) is 126 cm³/mol. The third kappa shape index (κ3) is 7.83. The second-order valence-corrected chi connectivity index (χ2v) is 7.90. The topological polar surface area (TPSA) is 88.9 Å². The fourth-order valence-corrected chi connectivity index (χ4v) is 3.38.